The summed E-state index contributed by atoms with van der Waals surface area (Å²) in [6.07, 6.45) is 1.44. The molecule has 49 heavy (non-hydrogen) atoms. The second-order valence-electron chi connectivity index (χ2n) is 11.2. The molecule has 1 heterocycles. The summed E-state index contributed by atoms with van der Waals surface area (Å²) in [5.74, 6) is -8.37. The van der Waals surface area contributed by atoms with Gasteiger partial charge in [-0.1, -0.05) is 19.9 Å². The molecule has 0 aliphatic rings. The zero-order valence-corrected chi connectivity index (χ0v) is 27.1. The van der Waals surface area contributed by atoms with Crippen LogP contribution in [0.5, 0.6) is 0 Å². The van der Waals surface area contributed by atoms with E-state index in [0.29, 0.717) is 12.0 Å². The Morgan fingerprint density at radius 1 is 0.816 bits per heavy atom. The van der Waals surface area contributed by atoms with E-state index in [9.17, 15) is 43.5 Å². The number of hydrogen-bond acceptors (Lipinski definition) is 12. The van der Waals surface area contributed by atoms with Gasteiger partial charge in [-0.05, 0) is 24.0 Å². The molecule has 1 rings (SSSR count). The topological polar surface area (TPSA) is 334 Å². The highest BCUT2D eigenvalue weighted by atomic mass is 16.4. The number of carboxylic acid groups (broad SMARTS) is 1. The number of nitrogens with zero attached hydrogens (tertiary/aromatic N) is 1. The maximum Gasteiger partial charge on any atom is 0.305 e. The summed E-state index contributed by atoms with van der Waals surface area (Å²) in [7, 11) is 0. The van der Waals surface area contributed by atoms with Crippen molar-refractivity contribution in [3.8, 4) is 0 Å². The zero-order chi connectivity index (χ0) is 37.1. The largest absolute Gasteiger partial charge is 0.481 e. The Kier molecular flexibility index (Phi) is 18.4. The van der Waals surface area contributed by atoms with Gasteiger partial charge in [0, 0.05) is 32.0 Å². The number of aliphatic hydroxyl groups excluding tert-OH is 2. The molecule has 0 saturated carbocycles. The molecule has 1 aromatic rings. The first-order chi connectivity index (χ1) is 23.1. The maximum atomic E-state index is 13.3. The number of carboxylic acids is 1. The smallest absolute Gasteiger partial charge is 0.305 e. The number of nitrogens with two attached hydrogens (primary N) is 2. The Hall–Kier alpha value is -5.21. The minimum absolute atomic E-state index is 0.136. The van der Waals surface area contributed by atoms with E-state index in [1.165, 1.54) is 12.4 Å². The lowest BCUT2D eigenvalue weighted by Crippen LogP contribution is -2.61. The van der Waals surface area contributed by atoms with Gasteiger partial charge in [0.1, 0.15) is 24.2 Å². The Labute approximate surface area is 281 Å². The molecule has 20 nitrogen and oxygen atoms in total. The summed E-state index contributed by atoms with van der Waals surface area (Å²) in [5.41, 5.74) is 11.4. The lowest BCUT2D eigenvalue weighted by Gasteiger charge is -2.26. The summed E-state index contributed by atoms with van der Waals surface area (Å²) >= 11 is 0. The van der Waals surface area contributed by atoms with Crippen LogP contribution in [0, 0.1) is 5.92 Å². The number of amides is 7. The van der Waals surface area contributed by atoms with Crippen molar-refractivity contribution < 1.29 is 53.7 Å². The van der Waals surface area contributed by atoms with Crippen LogP contribution in [0.3, 0.4) is 0 Å². The van der Waals surface area contributed by atoms with Gasteiger partial charge in [0.05, 0.1) is 32.0 Å². The van der Waals surface area contributed by atoms with Gasteiger partial charge >= 0.3 is 5.97 Å². The van der Waals surface area contributed by atoms with Crippen LogP contribution in [0.2, 0.25) is 0 Å². The van der Waals surface area contributed by atoms with Crippen LogP contribution in [0.25, 0.3) is 0 Å². The first-order valence-corrected chi connectivity index (χ1v) is 15.2. The normalized spacial score (nSPS) is 13.8. The van der Waals surface area contributed by atoms with Crippen molar-refractivity contribution in [3.05, 3.63) is 30.1 Å². The third-order valence-electron chi connectivity index (χ3n) is 6.71. The molecule has 5 atom stereocenters. The number of carbonyl (C=O) groups excluding carboxylic acids is 7. The fourth-order valence-corrected chi connectivity index (χ4v) is 4.11. The average molecular weight is 696 g/mol. The predicted octanol–water partition coefficient (Wildman–Crippen LogP) is -5.50. The van der Waals surface area contributed by atoms with E-state index in [2.05, 4.69) is 36.9 Å². The quantitative estimate of drug-likeness (QED) is 0.0505. The van der Waals surface area contributed by atoms with E-state index in [1.807, 2.05) is 0 Å². The van der Waals surface area contributed by atoms with Crippen LogP contribution in [-0.2, 0) is 44.8 Å². The van der Waals surface area contributed by atoms with Gasteiger partial charge in [-0.2, -0.15) is 0 Å². The highest BCUT2D eigenvalue weighted by Gasteiger charge is 2.33. The van der Waals surface area contributed by atoms with Crippen LogP contribution in [0.4, 0.5) is 0 Å². The SMILES string of the molecule is CC(C)[C@H](NC(=O)[C@H](CO)NC(=O)[C@H](CC(N)=O)NC(=O)[C@H](Cc1cccnc1)NC(=O)[C@@H](N)CC(=O)O)C(=O)NCC(=O)NCCCO. The molecule has 0 radical (unpaired) electrons. The second kappa shape index (κ2) is 21.6. The van der Waals surface area contributed by atoms with Crippen molar-refractivity contribution in [2.75, 3.05) is 26.3 Å². The molecule has 0 aromatic carbocycles. The van der Waals surface area contributed by atoms with Crippen LogP contribution >= 0.6 is 0 Å². The van der Waals surface area contributed by atoms with E-state index < -0.39 is 109 Å². The highest BCUT2D eigenvalue weighted by Crippen LogP contribution is 2.06. The van der Waals surface area contributed by atoms with Crippen LogP contribution in [-0.4, -0.2) is 124 Å². The molecule has 13 N–H and O–H groups in total. The Balaban J connectivity index is 3.07. The fraction of sp³-hybridized carbons (Fsp3) is 0.552. The molecule has 0 aliphatic carbocycles. The Bertz CT molecular complexity index is 1310. The van der Waals surface area contributed by atoms with Gasteiger partial charge < -0.3 is 58.7 Å². The maximum absolute atomic E-state index is 13.3. The minimum atomic E-state index is -1.72. The number of carbonyl (C=O) groups is 8. The predicted molar refractivity (Wildman–Crippen MR) is 169 cm³/mol. The van der Waals surface area contributed by atoms with Crippen molar-refractivity contribution in [2.24, 2.45) is 17.4 Å². The average Bonchev–Trinajstić information content (AvgIpc) is 3.03. The number of rotatable bonds is 22. The number of hydrogen-bond donors (Lipinski definition) is 11. The highest BCUT2D eigenvalue weighted by molar-refractivity contribution is 5.98. The van der Waals surface area contributed by atoms with Crippen LogP contribution < -0.4 is 43.4 Å². The molecule has 20 heteroatoms. The number of primary amides is 1. The van der Waals surface area contributed by atoms with Gasteiger partial charge in [-0.15, -0.1) is 0 Å². The van der Waals surface area contributed by atoms with Crippen molar-refractivity contribution >= 4 is 47.3 Å². The standard InChI is InChI=1S/C29H45N9O11/c1-15(2)24(29(49)34-13-22(42)33-7-4-8-39)38-28(48)20(14-40)37-27(47)19(11-21(31)41)36-26(46)18(9-16-5-3-6-32-12-16)35-25(45)17(30)10-23(43)44/h3,5-6,12,15,17-20,24,39-40H,4,7-11,13-14,30H2,1-2H3,(H2,31,41)(H,33,42)(H,34,49)(H,35,45)(H,36,46)(H,37,47)(H,38,48)(H,43,44)/t17-,18-,19-,20-,24-/m0/s1. The summed E-state index contributed by atoms with van der Waals surface area (Å²) in [5, 5.41) is 41.7. The number of aliphatic carboxylic acids is 1. The molecule has 7 amide bonds. The van der Waals surface area contributed by atoms with Gasteiger partial charge in [0.2, 0.25) is 41.4 Å². The second-order valence-corrected chi connectivity index (χ2v) is 11.2. The number of aliphatic hydroxyl groups is 2. The van der Waals surface area contributed by atoms with Gasteiger partial charge in [0.25, 0.3) is 0 Å². The van der Waals surface area contributed by atoms with E-state index in [1.54, 1.807) is 26.0 Å². The lowest BCUT2D eigenvalue weighted by atomic mass is 10.0. The summed E-state index contributed by atoms with van der Waals surface area (Å²) < 4.78 is 0. The van der Waals surface area contributed by atoms with Gasteiger partial charge in [-0.25, -0.2) is 0 Å². The third-order valence-corrected chi connectivity index (χ3v) is 6.71. The first kappa shape index (κ1) is 41.8. The number of aromatic nitrogens is 1. The third kappa shape index (κ3) is 16.0. The van der Waals surface area contributed by atoms with Crippen molar-refractivity contribution in [2.45, 2.75) is 69.7 Å². The molecule has 1 aromatic heterocycles. The molecule has 0 saturated heterocycles. The summed E-state index contributed by atoms with van der Waals surface area (Å²) in [6, 6.07) is -4.46. The molecular weight excluding hydrogens is 650 g/mol. The summed E-state index contributed by atoms with van der Waals surface area (Å²) in [4.78, 5) is 104. The monoisotopic (exact) mass is 695 g/mol. The van der Waals surface area contributed by atoms with Crippen molar-refractivity contribution in [3.63, 3.8) is 0 Å². The Morgan fingerprint density at radius 2 is 1.43 bits per heavy atom. The van der Waals surface area contributed by atoms with E-state index >= 15 is 0 Å². The van der Waals surface area contributed by atoms with Crippen LogP contribution in [0.1, 0.15) is 38.7 Å². The van der Waals surface area contributed by atoms with Gasteiger partial charge in [-0.3, -0.25) is 43.3 Å². The molecule has 0 unspecified atom stereocenters. The molecule has 0 bridgehead atoms. The number of pyridine rings is 1. The van der Waals surface area contributed by atoms with E-state index in [0.717, 1.165) is 0 Å². The molecule has 272 valence electrons. The first-order valence-electron chi connectivity index (χ1n) is 15.2. The van der Waals surface area contributed by atoms with E-state index in [4.69, 9.17) is 21.7 Å². The molecule has 0 spiro atoms. The van der Waals surface area contributed by atoms with Gasteiger partial charge in [0.15, 0.2) is 0 Å². The zero-order valence-electron chi connectivity index (χ0n) is 27.1. The van der Waals surface area contributed by atoms with E-state index in [-0.39, 0.29) is 19.6 Å². The molecule has 0 aliphatic heterocycles. The lowest BCUT2D eigenvalue weighted by molar-refractivity contribution is -0.140. The minimum Gasteiger partial charge on any atom is -0.481 e. The summed E-state index contributed by atoms with van der Waals surface area (Å²) in [6.45, 7) is 1.83. The van der Waals surface area contributed by atoms with Crippen molar-refractivity contribution in [1.29, 1.82) is 0 Å². The fourth-order valence-electron chi connectivity index (χ4n) is 4.11. The molecular formula is C29H45N9O11. The molecule has 0 fully saturated rings. The van der Waals surface area contributed by atoms with Crippen LogP contribution in [0.15, 0.2) is 24.5 Å². The van der Waals surface area contributed by atoms with Crippen molar-refractivity contribution in [1.82, 2.24) is 36.9 Å². The Morgan fingerprint density at radius 3 is 1.98 bits per heavy atom. The number of nitrogens with one attached hydrogen (secondary N) is 6.